The molecule has 1 aliphatic heterocycles. The maximum Gasteiger partial charge on any atom is 0.337 e. The molecule has 3 heterocycles. The minimum Gasteiger partial charge on any atom is -0.454 e. The number of aryl methyl sites for hydroxylation is 1. The van der Waals surface area contributed by atoms with Crippen LogP contribution in [0, 0.1) is 6.92 Å². The van der Waals surface area contributed by atoms with Crippen LogP contribution in [0.3, 0.4) is 0 Å². The molecule has 1 unspecified atom stereocenters. The fourth-order valence-electron chi connectivity index (χ4n) is 4.27. The van der Waals surface area contributed by atoms with Crippen LogP contribution in [0.25, 0.3) is 10.1 Å². The van der Waals surface area contributed by atoms with E-state index in [1.165, 1.54) is 15.6 Å². The van der Waals surface area contributed by atoms with Gasteiger partial charge in [-0.3, -0.25) is 5.10 Å². The third-order valence-electron chi connectivity index (χ3n) is 5.90. The number of fused-ring (bicyclic) bond motifs is 2. The number of carbonyl (C=O) groups is 1. The number of thiophene rings is 1. The zero-order valence-electron chi connectivity index (χ0n) is 17.6. The quantitative estimate of drug-likeness (QED) is 0.387. The summed E-state index contributed by atoms with van der Waals surface area (Å²) in [6.45, 7) is 5.95. The first-order valence-electron chi connectivity index (χ1n) is 10.3. The number of hydrogen-bond acceptors (Lipinski definition) is 5. The zero-order valence-corrected chi connectivity index (χ0v) is 18.4. The molecular weight excluding hydrogens is 406 g/mol. The Balaban J connectivity index is 1.59. The van der Waals surface area contributed by atoms with E-state index >= 15 is 0 Å². The molecule has 0 spiro atoms. The molecule has 0 saturated heterocycles. The first-order chi connectivity index (χ1) is 15.0. The number of carbonyl (C=O) groups excluding carboxylic acids is 1. The highest BCUT2D eigenvalue weighted by molar-refractivity contribution is 7.19. The molecule has 2 atom stereocenters. The molecule has 4 aromatic rings. The van der Waals surface area contributed by atoms with E-state index in [-0.39, 0.29) is 18.0 Å². The molecule has 0 fully saturated rings. The Bertz CT molecular complexity index is 1300. The molecule has 5 rings (SSSR count). The lowest BCUT2D eigenvalue weighted by Gasteiger charge is -2.28. The summed E-state index contributed by atoms with van der Waals surface area (Å²) in [6.07, 6.45) is 1.46. The number of aromatic nitrogens is 2. The summed E-state index contributed by atoms with van der Waals surface area (Å²) >= 11 is 1.72. The molecule has 156 valence electrons. The number of aromatic amines is 1. The number of allylic oxidation sites excluding steroid dienone is 1. The number of nitrogens with one attached hydrogen (secondary N) is 2. The summed E-state index contributed by atoms with van der Waals surface area (Å²) < 4.78 is 7.15. The summed E-state index contributed by atoms with van der Waals surface area (Å²) in [7, 11) is 0. The molecule has 5 nitrogen and oxygen atoms in total. The monoisotopic (exact) mass is 429 g/mol. The van der Waals surface area contributed by atoms with E-state index in [1.54, 1.807) is 17.5 Å². The number of rotatable bonds is 4. The molecule has 1 aliphatic rings. The Morgan fingerprint density at radius 1 is 1.10 bits per heavy atom. The average Bonchev–Trinajstić information content (AvgIpc) is 3.37. The highest BCUT2D eigenvalue weighted by Gasteiger charge is 2.37. The third kappa shape index (κ3) is 3.33. The highest BCUT2D eigenvalue weighted by Crippen LogP contribution is 2.47. The van der Waals surface area contributed by atoms with Gasteiger partial charge in [-0.1, -0.05) is 48.5 Å². The molecule has 0 bridgehead atoms. The molecule has 0 radical (unpaired) electrons. The number of nitrogens with zero attached hydrogens (tertiary/aromatic N) is 1. The van der Waals surface area contributed by atoms with E-state index in [0.717, 1.165) is 27.5 Å². The van der Waals surface area contributed by atoms with Gasteiger partial charge in [0.15, 0.2) is 0 Å². The van der Waals surface area contributed by atoms with Gasteiger partial charge in [-0.25, -0.2) is 4.79 Å². The zero-order chi connectivity index (χ0) is 21.5. The Morgan fingerprint density at radius 2 is 1.84 bits per heavy atom. The van der Waals surface area contributed by atoms with Gasteiger partial charge >= 0.3 is 5.97 Å². The van der Waals surface area contributed by atoms with Crippen LogP contribution in [-0.4, -0.2) is 16.2 Å². The van der Waals surface area contributed by atoms with E-state index in [9.17, 15) is 4.79 Å². The van der Waals surface area contributed by atoms with Gasteiger partial charge in [0.25, 0.3) is 0 Å². The van der Waals surface area contributed by atoms with E-state index in [1.807, 2.05) is 50.2 Å². The molecule has 2 N–H and O–H groups in total. The Morgan fingerprint density at radius 3 is 2.61 bits per heavy atom. The van der Waals surface area contributed by atoms with Crippen molar-refractivity contribution in [2.75, 3.05) is 5.32 Å². The van der Waals surface area contributed by atoms with Crippen LogP contribution in [0.5, 0.6) is 0 Å². The average molecular weight is 430 g/mol. The lowest BCUT2D eigenvalue weighted by molar-refractivity contribution is -0.144. The number of esters is 1. The van der Waals surface area contributed by atoms with Crippen LogP contribution in [0.4, 0.5) is 5.82 Å². The van der Waals surface area contributed by atoms with E-state index in [4.69, 9.17) is 4.74 Å². The smallest absolute Gasteiger partial charge is 0.337 e. The SMILES string of the molecule is CC1=C(C(=O)O[C@@H](C)c2ccccc2)C(c2sc3ccccc3c2C)c2cn[nH]c2N1. The van der Waals surface area contributed by atoms with Gasteiger partial charge in [-0.2, -0.15) is 5.10 Å². The fraction of sp³-hybridized carbons (Fsp3) is 0.200. The van der Waals surface area contributed by atoms with E-state index in [2.05, 4.69) is 40.6 Å². The van der Waals surface area contributed by atoms with Crippen molar-refractivity contribution in [3.63, 3.8) is 0 Å². The summed E-state index contributed by atoms with van der Waals surface area (Å²) in [4.78, 5) is 14.6. The van der Waals surface area contributed by atoms with Gasteiger partial charge in [-0.05, 0) is 43.4 Å². The second-order valence-electron chi connectivity index (χ2n) is 7.84. The lowest BCUT2D eigenvalue weighted by Crippen LogP contribution is -2.24. The van der Waals surface area contributed by atoms with Gasteiger partial charge in [0.1, 0.15) is 11.9 Å². The number of H-pyrrole nitrogens is 1. The van der Waals surface area contributed by atoms with Crippen molar-refractivity contribution in [2.45, 2.75) is 32.8 Å². The van der Waals surface area contributed by atoms with Crippen molar-refractivity contribution < 1.29 is 9.53 Å². The highest BCUT2D eigenvalue weighted by atomic mass is 32.1. The van der Waals surface area contributed by atoms with Crippen LogP contribution >= 0.6 is 11.3 Å². The van der Waals surface area contributed by atoms with Crippen molar-refractivity contribution in [3.8, 4) is 0 Å². The molecule has 2 aromatic carbocycles. The maximum atomic E-state index is 13.5. The van der Waals surface area contributed by atoms with Crippen molar-refractivity contribution in [1.29, 1.82) is 0 Å². The summed E-state index contributed by atoms with van der Waals surface area (Å²) in [5, 5.41) is 11.8. The topological polar surface area (TPSA) is 67.0 Å². The van der Waals surface area contributed by atoms with Gasteiger partial charge in [0, 0.05) is 20.8 Å². The Labute approximate surface area is 184 Å². The Hall–Kier alpha value is -3.38. The molecule has 0 amide bonds. The second-order valence-corrected chi connectivity index (χ2v) is 8.93. The van der Waals surface area contributed by atoms with Crippen LogP contribution in [0.2, 0.25) is 0 Å². The van der Waals surface area contributed by atoms with Crippen molar-refractivity contribution in [1.82, 2.24) is 10.2 Å². The first kappa shape index (κ1) is 19.6. The minimum atomic E-state index is -0.344. The second kappa shape index (κ2) is 7.71. The number of benzene rings is 2. The first-order valence-corrected chi connectivity index (χ1v) is 11.1. The maximum absolute atomic E-state index is 13.5. The van der Waals surface area contributed by atoms with Crippen LogP contribution in [0.1, 0.15) is 47.4 Å². The number of anilines is 1. The Kier molecular flexibility index (Phi) is 4.87. The van der Waals surface area contributed by atoms with Gasteiger partial charge < -0.3 is 10.1 Å². The fourth-order valence-corrected chi connectivity index (χ4v) is 5.61. The lowest BCUT2D eigenvalue weighted by atomic mass is 9.85. The predicted octanol–water partition coefficient (Wildman–Crippen LogP) is 6.07. The van der Waals surface area contributed by atoms with Crippen LogP contribution in [-0.2, 0) is 9.53 Å². The van der Waals surface area contributed by atoms with E-state index < -0.39 is 0 Å². The largest absolute Gasteiger partial charge is 0.454 e. The number of ether oxygens (including phenoxy) is 1. The molecule has 0 aliphatic carbocycles. The van der Waals surface area contributed by atoms with Crippen LogP contribution < -0.4 is 5.32 Å². The summed E-state index contributed by atoms with van der Waals surface area (Å²) in [6, 6.07) is 18.2. The third-order valence-corrected chi connectivity index (χ3v) is 7.24. The van der Waals surface area contributed by atoms with Gasteiger partial charge in [0.2, 0.25) is 0 Å². The van der Waals surface area contributed by atoms with Crippen molar-refractivity contribution in [2.24, 2.45) is 0 Å². The van der Waals surface area contributed by atoms with Gasteiger partial charge in [0.05, 0.1) is 17.7 Å². The summed E-state index contributed by atoms with van der Waals surface area (Å²) in [5.41, 5.74) is 4.53. The van der Waals surface area contributed by atoms with Crippen LogP contribution in [0.15, 0.2) is 72.1 Å². The standard InChI is InChI=1S/C25H23N3O2S/c1-14-18-11-7-8-12-20(18)31-23(14)22-19-13-26-28-24(19)27-15(2)21(22)25(29)30-16(3)17-9-5-4-6-10-17/h4-13,16,22H,1-3H3,(H2,26,27,28)/t16-,22?/m0/s1. The summed E-state index contributed by atoms with van der Waals surface area (Å²) in [5.74, 6) is 0.282. The van der Waals surface area contributed by atoms with Crippen molar-refractivity contribution >= 4 is 33.2 Å². The molecule has 31 heavy (non-hydrogen) atoms. The molecular formula is C25H23N3O2S. The normalized spacial score (nSPS) is 16.7. The molecule has 2 aromatic heterocycles. The number of hydrogen-bond donors (Lipinski definition) is 2. The van der Waals surface area contributed by atoms with Gasteiger partial charge in [-0.15, -0.1) is 11.3 Å². The minimum absolute atomic E-state index is 0.233. The molecule has 6 heteroatoms. The van der Waals surface area contributed by atoms with Crippen molar-refractivity contribution in [3.05, 3.63) is 93.6 Å². The molecule has 0 saturated carbocycles. The predicted molar refractivity (Wildman–Crippen MR) is 124 cm³/mol. The van der Waals surface area contributed by atoms with E-state index in [0.29, 0.717) is 5.57 Å².